The summed E-state index contributed by atoms with van der Waals surface area (Å²) < 4.78 is 2.05. The van der Waals surface area contributed by atoms with Crippen molar-refractivity contribution in [1.82, 2.24) is 19.9 Å². The number of nitrogens with one attached hydrogen (secondary N) is 1. The smallest absolute Gasteiger partial charge is 0.273 e. The number of halogens is 1. The molecular formula is C19H20ClN5O2S2. The molecule has 10 heteroatoms. The number of carbonyl (C=O) groups excluding carboxylic acids is 1. The van der Waals surface area contributed by atoms with Gasteiger partial charge in [-0.3, -0.25) is 14.2 Å². The van der Waals surface area contributed by atoms with Crippen LogP contribution in [0.3, 0.4) is 0 Å². The van der Waals surface area contributed by atoms with Gasteiger partial charge in [0.25, 0.3) is 5.56 Å². The molecule has 3 aromatic rings. The number of rotatable bonds is 6. The predicted octanol–water partition coefficient (Wildman–Crippen LogP) is 3.05. The van der Waals surface area contributed by atoms with Crippen LogP contribution in [0.2, 0.25) is 5.02 Å². The monoisotopic (exact) mass is 449 g/mol. The fourth-order valence-electron chi connectivity index (χ4n) is 3.08. The van der Waals surface area contributed by atoms with E-state index < -0.39 is 0 Å². The molecule has 29 heavy (non-hydrogen) atoms. The zero-order chi connectivity index (χ0) is 20.4. The van der Waals surface area contributed by atoms with Gasteiger partial charge in [0, 0.05) is 31.7 Å². The molecule has 0 aliphatic carbocycles. The number of fused-ring (bicyclic) bond motifs is 1. The highest BCUT2D eigenvalue weighted by Gasteiger charge is 2.20. The molecule has 0 spiro atoms. The lowest BCUT2D eigenvalue weighted by molar-refractivity contribution is -0.118. The summed E-state index contributed by atoms with van der Waals surface area (Å²) >= 11 is 8.50. The van der Waals surface area contributed by atoms with Crippen molar-refractivity contribution < 1.29 is 4.79 Å². The Kier molecular flexibility index (Phi) is 6.07. The van der Waals surface area contributed by atoms with Crippen LogP contribution in [0.5, 0.6) is 0 Å². The van der Waals surface area contributed by atoms with Crippen molar-refractivity contribution in [1.29, 1.82) is 0 Å². The number of carbonyl (C=O) groups is 1. The number of hydrogen-bond donors (Lipinski definition) is 1. The lowest BCUT2D eigenvalue weighted by atomic mass is 10.2. The van der Waals surface area contributed by atoms with Crippen LogP contribution in [0.25, 0.3) is 10.3 Å². The van der Waals surface area contributed by atoms with Crippen LogP contribution < -0.4 is 15.8 Å². The summed E-state index contributed by atoms with van der Waals surface area (Å²) in [6, 6.07) is 7.32. The number of anilines is 1. The molecule has 0 atom stereocenters. The second-order valence-corrected chi connectivity index (χ2v) is 9.15. The Labute approximate surface area is 181 Å². The van der Waals surface area contributed by atoms with Gasteiger partial charge in [0.1, 0.15) is 4.70 Å². The third-order valence-electron chi connectivity index (χ3n) is 4.70. The summed E-state index contributed by atoms with van der Waals surface area (Å²) in [4.78, 5) is 36.2. The van der Waals surface area contributed by atoms with Crippen LogP contribution in [0.4, 0.5) is 5.13 Å². The van der Waals surface area contributed by atoms with E-state index in [1.807, 2.05) is 12.1 Å². The average molecular weight is 450 g/mol. The second-order valence-electron chi connectivity index (χ2n) is 6.79. The van der Waals surface area contributed by atoms with Crippen molar-refractivity contribution >= 4 is 56.1 Å². The Hall–Kier alpha value is -2.10. The van der Waals surface area contributed by atoms with E-state index in [1.54, 1.807) is 19.2 Å². The Morgan fingerprint density at radius 1 is 1.24 bits per heavy atom. The summed E-state index contributed by atoms with van der Waals surface area (Å²) in [6.45, 7) is 2.36. The highest BCUT2D eigenvalue weighted by atomic mass is 35.5. The molecule has 0 saturated carbocycles. The molecule has 1 aliphatic rings. The molecule has 1 N–H and O–H groups in total. The van der Waals surface area contributed by atoms with E-state index >= 15 is 0 Å². The summed E-state index contributed by atoms with van der Waals surface area (Å²) in [5, 5.41) is 4.86. The van der Waals surface area contributed by atoms with Crippen LogP contribution in [-0.2, 0) is 18.4 Å². The van der Waals surface area contributed by atoms with Crippen LogP contribution in [0.1, 0.15) is 18.4 Å². The minimum atomic E-state index is -0.129. The molecule has 7 nitrogen and oxygen atoms in total. The van der Waals surface area contributed by atoms with E-state index in [4.69, 9.17) is 11.6 Å². The SMILES string of the molecule is Cn1c(SCC(=O)NCc2ccc(Cl)cc2)nc2nc(N3CCCC3)sc2c1=O. The maximum atomic E-state index is 12.7. The Morgan fingerprint density at radius 3 is 2.69 bits per heavy atom. The Balaban J connectivity index is 1.43. The highest BCUT2D eigenvalue weighted by Crippen LogP contribution is 2.29. The first kappa shape index (κ1) is 20.2. The topological polar surface area (TPSA) is 80.1 Å². The average Bonchev–Trinajstić information content (AvgIpc) is 3.39. The number of thioether (sulfide) groups is 1. The lowest BCUT2D eigenvalue weighted by Gasteiger charge is -2.11. The third-order valence-corrected chi connectivity index (χ3v) is 7.07. The lowest BCUT2D eigenvalue weighted by Crippen LogP contribution is -2.25. The van der Waals surface area contributed by atoms with E-state index in [9.17, 15) is 9.59 Å². The van der Waals surface area contributed by atoms with Gasteiger partial charge in [0.2, 0.25) is 5.91 Å². The van der Waals surface area contributed by atoms with Gasteiger partial charge in [-0.2, -0.15) is 4.98 Å². The predicted molar refractivity (Wildman–Crippen MR) is 118 cm³/mol. The largest absolute Gasteiger partial charge is 0.351 e. The van der Waals surface area contributed by atoms with Crippen LogP contribution >= 0.6 is 34.7 Å². The van der Waals surface area contributed by atoms with E-state index in [0.717, 1.165) is 36.6 Å². The van der Waals surface area contributed by atoms with E-state index in [2.05, 4.69) is 20.2 Å². The molecule has 0 bridgehead atoms. The normalized spacial score (nSPS) is 13.9. The van der Waals surface area contributed by atoms with Crippen molar-refractivity contribution in [3.05, 3.63) is 45.2 Å². The van der Waals surface area contributed by atoms with Gasteiger partial charge in [-0.25, -0.2) is 4.98 Å². The van der Waals surface area contributed by atoms with Crippen LogP contribution in [0.15, 0.2) is 34.2 Å². The molecule has 4 rings (SSSR count). The van der Waals surface area contributed by atoms with Gasteiger partial charge < -0.3 is 10.2 Å². The van der Waals surface area contributed by atoms with Gasteiger partial charge in [-0.05, 0) is 30.5 Å². The van der Waals surface area contributed by atoms with Crippen molar-refractivity contribution in [2.75, 3.05) is 23.7 Å². The summed E-state index contributed by atoms with van der Waals surface area (Å²) in [6.07, 6.45) is 2.29. The first-order chi connectivity index (χ1) is 14.0. The number of thiazole rings is 1. The molecule has 2 aromatic heterocycles. The molecule has 1 fully saturated rings. The molecule has 1 aromatic carbocycles. The number of benzene rings is 1. The maximum Gasteiger partial charge on any atom is 0.273 e. The zero-order valence-corrected chi connectivity index (χ0v) is 18.2. The van der Waals surface area contributed by atoms with Crippen molar-refractivity contribution in [3.63, 3.8) is 0 Å². The molecular weight excluding hydrogens is 430 g/mol. The van der Waals surface area contributed by atoms with E-state index in [0.29, 0.717) is 27.1 Å². The molecule has 152 valence electrons. The van der Waals surface area contributed by atoms with Crippen molar-refractivity contribution in [2.24, 2.45) is 7.05 Å². The standard InChI is InChI=1S/C19H20ClN5O2S2/c1-24-17(27)15-16(23-19(29-15)25-8-2-3-9-25)22-18(24)28-11-14(26)21-10-12-4-6-13(20)7-5-12/h4-7H,2-3,8-11H2,1H3,(H,21,26). The van der Waals surface area contributed by atoms with Crippen LogP contribution in [-0.4, -0.2) is 39.3 Å². The van der Waals surface area contributed by atoms with E-state index in [1.165, 1.54) is 27.7 Å². The second kappa shape index (κ2) is 8.73. The first-order valence-electron chi connectivity index (χ1n) is 9.28. The van der Waals surface area contributed by atoms with Crippen LogP contribution in [0, 0.1) is 0 Å². The molecule has 1 amide bonds. The van der Waals surface area contributed by atoms with Crippen molar-refractivity contribution in [2.45, 2.75) is 24.5 Å². The fourth-order valence-corrected chi connectivity index (χ4v) is 5.03. The van der Waals surface area contributed by atoms with Gasteiger partial charge in [-0.1, -0.05) is 46.8 Å². The molecule has 1 saturated heterocycles. The molecule has 0 radical (unpaired) electrons. The fraction of sp³-hybridized carbons (Fsp3) is 0.368. The molecule has 0 unspecified atom stereocenters. The van der Waals surface area contributed by atoms with Gasteiger partial charge in [0.05, 0.1) is 5.75 Å². The number of amides is 1. The molecule has 3 heterocycles. The van der Waals surface area contributed by atoms with Gasteiger partial charge >= 0.3 is 0 Å². The summed E-state index contributed by atoms with van der Waals surface area (Å²) in [5.74, 6) is 0.0398. The van der Waals surface area contributed by atoms with Gasteiger partial charge in [-0.15, -0.1) is 0 Å². The third kappa shape index (κ3) is 4.57. The minimum absolute atomic E-state index is 0.123. The number of nitrogens with zero attached hydrogens (tertiary/aromatic N) is 4. The van der Waals surface area contributed by atoms with E-state index in [-0.39, 0.29) is 17.2 Å². The number of aromatic nitrogens is 3. The number of hydrogen-bond acceptors (Lipinski definition) is 7. The first-order valence-corrected chi connectivity index (χ1v) is 11.5. The maximum absolute atomic E-state index is 12.7. The zero-order valence-electron chi connectivity index (χ0n) is 15.9. The van der Waals surface area contributed by atoms with Crippen molar-refractivity contribution in [3.8, 4) is 0 Å². The summed E-state index contributed by atoms with van der Waals surface area (Å²) in [7, 11) is 1.68. The molecule has 1 aliphatic heterocycles. The quantitative estimate of drug-likeness (QED) is 0.460. The Bertz CT molecular complexity index is 1090. The van der Waals surface area contributed by atoms with Gasteiger partial charge in [0.15, 0.2) is 15.9 Å². The minimum Gasteiger partial charge on any atom is -0.351 e. The Morgan fingerprint density at radius 2 is 1.97 bits per heavy atom. The highest BCUT2D eigenvalue weighted by molar-refractivity contribution is 7.99. The summed E-state index contributed by atoms with van der Waals surface area (Å²) in [5.41, 5.74) is 1.31.